The number of nitrogens with two attached hydrogens (primary N) is 1. The first-order valence-corrected chi connectivity index (χ1v) is 11.5. The lowest BCUT2D eigenvalue weighted by Gasteiger charge is -2.22. The number of rotatable bonds is 8. The molecule has 3 aromatic rings. The van der Waals surface area contributed by atoms with E-state index in [0.29, 0.717) is 31.1 Å². The number of anilines is 3. The van der Waals surface area contributed by atoms with Crippen LogP contribution in [0.15, 0.2) is 48.0 Å². The molecule has 0 saturated carbocycles. The zero-order valence-corrected chi connectivity index (χ0v) is 20.6. The molecule has 0 bridgehead atoms. The first-order chi connectivity index (χ1) is 15.6. The minimum absolute atomic E-state index is 0. The maximum Gasteiger partial charge on any atom is 0.263 e. The molecule has 0 unspecified atom stereocenters. The number of nitrogens with zero attached hydrogens (tertiary/aromatic N) is 4. The maximum absolute atomic E-state index is 13.3. The Bertz CT molecular complexity index is 1060. The van der Waals surface area contributed by atoms with E-state index < -0.39 is 0 Å². The number of aromatic nitrogens is 2. The molecule has 3 heterocycles. The molecular formula is C23H30N6O2S2. The summed E-state index contributed by atoms with van der Waals surface area (Å²) in [7, 11) is 3.85. The molecule has 1 atom stereocenters. The van der Waals surface area contributed by atoms with Crippen LogP contribution in [0.25, 0.3) is 0 Å². The average molecular weight is 487 g/mol. The quantitative estimate of drug-likeness (QED) is 0.505. The molecule has 0 saturated heterocycles. The third-order valence-corrected chi connectivity index (χ3v) is 6.44. The normalized spacial score (nSPS) is 14.4. The molecule has 1 aliphatic rings. The molecule has 1 aliphatic heterocycles. The molecule has 3 N–H and O–H groups in total. The first kappa shape index (κ1) is 25.0. The van der Waals surface area contributed by atoms with Gasteiger partial charge in [-0.15, -0.1) is 11.3 Å². The van der Waals surface area contributed by atoms with Gasteiger partial charge in [-0.05, 0) is 49.2 Å². The van der Waals surface area contributed by atoms with Crippen LogP contribution in [-0.4, -0.2) is 49.6 Å². The predicted octanol–water partition coefficient (Wildman–Crippen LogP) is 3.20. The molecule has 10 heteroatoms. The Morgan fingerprint density at radius 1 is 1.27 bits per heavy atom. The van der Waals surface area contributed by atoms with Gasteiger partial charge in [0.15, 0.2) is 0 Å². The van der Waals surface area contributed by atoms with Gasteiger partial charge in [0.25, 0.3) is 5.91 Å². The number of nitrogen functional groups attached to an aromatic ring is 1. The van der Waals surface area contributed by atoms with Crippen molar-refractivity contribution in [3.63, 3.8) is 0 Å². The van der Waals surface area contributed by atoms with E-state index in [0.717, 1.165) is 24.2 Å². The zero-order chi connectivity index (χ0) is 22.5. The van der Waals surface area contributed by atoms with Crippen molar-refractivity contribution < 1.29 is 9.53 Å². The van der Waals surface area contributed by atoms with Gasteiger partial charge in [-0.3, -0.25) is 4.79 Å². The number of hydrogen-bond acceptors (Lipinski definition) is 8. The van der Waals surface area contributed by atoms with Crippen molar-refractivity contribution in [2.75, 3.05) is 49.3 Å². The van der Waals surface area contributed by atoms with Crippen molar-refractivity contribution in [2.24, 2.45) is 0 Å². The van der Waals surface area contributed by atoms with E-state index in [1.807, 2.05) is 49.3 Å². The topological polar surface area (TPSA) is 96.6 Å². The Balaban J connectivity index is 0.00000306. The summed E-state index contributed by atoms with van der Waals surface area (Å²) in [5.74, 6) is 0.593. The van der Waals surface area contributed by atoms with E-state index in [9.17, 15) is 4.79 Å². The van der Waals surface area contributed by atoms with Crippen LogP contribution in [0, 0.1) is 0 Å². The molecule has 4 rings (SSSR count). The highest BCUT2D eigenvalue weighted by Crippen LogP contribution is 2.29. The van der Waals surface area contributed by atoms with Gasteiger partial charge in [0.2, 0.25) is 5.95 Å². The Morgan fingerprint density at radius 2 is 2.12 bits per heavy atom. The number of benzene rings is 1. The minimum Gasteiger partial charge on any atom is -0.368 e. The second-order valence-corrected chi connectivity index (χ2v) is 8.70. The van der Waals surface area contributed by atoms with Gasteiger partial charge in [-0.25, -0.2) is 4.98 Å². The van der Waals surface area contributed by atoms with Gasteiger partial charge >= 0.3 is 0 Å². The van der Waals surface area contributed by atoms with Gasteiger partial charge in [0, 0.05) is 36.9 Å². The SMILES string of the molecule is CNCC[C@@H](OCc1cccc(N2CCN(C)c3nc(N)ncc3C2=O)c1)c1cccs1.S. The van der Waals surface area contributed by atoms with Crippen molar-refractivity contribution in [3.05, 3.63) is 64.0 Å². The van der Waals surface area contributed by atoms with E-state index in [1.54, 1.807) is 16.2 Å². The van der Waals surface area contributed by atoms with Gasteiger partial charge < -0.3 is 25.6 Å². The van der Waals surface area contributed by atoms with Crippen LogP contribution in [0.2, 0.25) is 0 Å². The smallest absolute Gasteiger partial charge is 0.263 e. The highest BCUT2D eigenvalue weighted by Gasteiger charge is 2.28. The van der Waals surface area contributed by atoms with Crippen LogP contribution in [0.5, 0.6) is 0 Å². The van der Waals surface area contributed by atoms with E-state index in [1.165, 1.54) is 11.1 Å². The molecule has 33 heavy (non-hydrogen) atoms. The Morgan fingerprint density at radius 3 is 2.88 bits per heavy atom. The monoisotopic (exact) mass is 486 g/mol. The third kappa shape index (κ3) is 5.83. The number of amides is 1. The molecular weight excluding hydrogens is 456 g/mol. The highest BCUT2D eigenvalue weighted by atomic mass is 32.1. The number of hydrogen-bond donors (Lipinski definition) is 2. The van der Waals surface area contributed by atoms with Crippen LogP contribution in [0.3, 0.4) is 0 Å². The molecule has 176 valence electrons. The summed E-state index contributed by atoms with van der Waals surface area (Å²) in [6.07, 6.45) is 2.44. The maximum atomic E-state index is 13.3. The fourth-order valence-electron chi connectivity index (χ4n) is 3.75. The Hall–Kier alpha value is -2.66. The molecule has 1 amide bonds. The lowest BCUT2D eigenvalue weighted by Crippen LogP contribution is -2.33. The second-order valence-electron chi connectivity index (χ2n) is 7.72. The molecule has 8 nitrogen and oxygen atoms in total. The van der Waals surface area contributed by atoms with Gasteiger partial charge in [0.1, 0.15) is 11.4 Å². The second kappa shape index (κ2) is 11.5. The van der Waals surface area contributed by atoms with Gasteiger partial charge in [-0.1, -0.05) is 18.2 Å². The van der Waals surface area contributed by atoms with E-state index >= 15 is 0 Å². The average Bonchev–Trinajstić information content (AvgIpc) is 3.30. The van der Waals surface area contributed by atoms with Gasteiger partial charge in [0.05, 0.1) is 12.7 Å². The number of thiophene rings is 1. The minimum atomic E-state index is -0.132. The molecule has 0 fully saturated rings. The summed E-state index contributed by atoms with van der Waals surface area (Å²) in [5.41, 5.74) is 8.04. The standard InChI is InChI=1S/C23H28N6O2S.H2S/c1-25-9-8-19(20-7-4-12-32-20)31-15-16-5-3-6-17(13-16)29-11-10-28(2)21-18(22(29)30)14-26-23(24)27-21;/h3-7,12-14,19,25H,8-11,15H2,1-2H3,(H2,24,26,27);1H2/t19-;/m1./s1. The third-order valence-electron chi connectivity index (χ3n) is 5.47. The van der Waals surface area contributed by atoms with Gasteiger partial charge in [-0.2, -0.15) is 18.5 Å². The Kier molecular flexibility index (Phi) is 8.67. The van der Waals surface area contributed by atoms with Crippen molar-refractivity contribution in [1.29, 1.82) is 0 Å². The van der Waals surface area contributed by atoms with Crippen LogP contribution >= 0.6 is 24.8 Å². The fraction of sp³-hybridized carbons (Fsp3) is 0.348. The van der Waals surface area contributed by atoms with E-state index in [-0.39, 0.29) is 31.5 Å². The number of ether oxygens (including phenoxy) is 1. The molecule has 0 radical (unpaired) electrons. The van der Waals surface area contributed by atoms with Crippen molar-refractivity contribution in [3.8, 4) is 0 Å². The van der Waals surface area contributed by atoms with Crippen LogP contribution in [0.1, 0.15) is 33.3 Å². The van der Waals surface area contributed by atoms with Crippen LogP contribution < -0.4 is 20.9 Å². The fourth-order valence-corrected chi connectivity index (χ4v) is 4.55. The van der Waals surface area contributed by atoms with Crippen molar-refractivity contribution in [2.45, 2.75) is 19.1 Å². The summed E-state index contributed by atoms with van der Waals surface area (Å²) in [4.78, 5) is 26.5. The van der Waals surface area contributed by atoms with E-state index in [2.05, 4.69) is 26.7 Å². The lowest BCUT2D eigenvalue weighted by atomic mass is 10.1. The lowest BCUT2D eigenvalue weighted by molar-refractivity contribution is 0.0367. The summed E-state index contributed by atoms with van der Waals surface area (Å²) in [5, 5.41) is 5.27. The number of nitrogens with one attached hydrogen (secondary N) is 1. The van der Waals surface area contributed by atoms with Crippen molar-refractivity contribution >= 4 is 48.2 Å². The highest BCUT2D eigenvalue weighted by molar-refractivity contribution is 7.59. The number of likely N-dealkylation sites (N-methyl/N-ethyl adjacent to an activating group) is 1. The summed E-state index contributed by atoms with van der Waals surface area (Å²) < 4.78 is 6.28. The number of fused-ring (bicyclic) bond motifs is 1. The summed E-state index contributed by atoms with van der Waals surface area (Å²) in [6, 6.07) is 12.1. The van der Waals surface area contributed by atoms with Crippen LogP contribution in [-0.2, 0) is 11.3 Å². The first-order valence-electron chi connectivity index (χ1n) is 10.6. The molecule has 1 aromatic carbocycles. The summed E-state index contributed by atoms with van der Waals surface area (Å²) in [6.45, 7) is 2.53. The van der Waals surface area contributed by atoms with E-state index in [4.69, 9.17) is 10.5 Å². The molecule has 0 aliphatic carbocycles. The van der Waals surface area contributed by atoms with Crippen molar-refractivity contribution in [1.82, 2.24) is 15.3 Å². The molecule has 0 spiro atoms. The summed E-state index contributed by atoms with van der Waals surface area (Å²) >= 11 is 1.71. The molecule has 2 aromatic heterocycles. The predicted molar refractivity (Wildman–Crippen MR) is 139 cm³/mol. The number of carbonyl (C=O) groups excluding carboxylic acids is 1. The number of carbonyl (C=O) groups is 1. The zero-order valence-electron chi connectivity index (χ0n) is 18.8. The van der Waals surface area contributed by atoms with Crippen LogP contribution in [0.4, 0.5) is 17.5 Å². The Labute approximate surface area is 205 Å². The largest absolute Gasteiger partial charge is 0.368 e.